The molecule has 19 heavy (non-hydrogen) atoms. The van der Waals surface area contributed by atoms with Gasteiger partial charge >= 0.3 is 5.97 Å². The standard InChI is InChI=1S/C12H15NO3S.C2H6/c1-3-9(5-6-10(17)4-2)12(16)13-8-7-11(14)15;1-2/h3-6,17H,1-2,7-8H2,(H,13,16)(H,14,15);1-2H3/b9-5+,10-6+;. The van der Waals surface area contributed by atoms with Crippen molar-refractivity contribution in [1.29, 1.82) is 0 Å². The highest BCUT2D eigenvalue weighted by Crippen LogP contribution is 2.04. The first kappa shape index (κ1) is 19.6. The molecule has 2 N–H and O–H groups in total. The van der Waals surface area contributed by atoms with Crippen LogP contribution in [0.15, 0.2) is 47.9 Å². The van der Waals surface area contributed by atoms with E-state index in [4.69, 9.17) is 5.11 Å². The van der Waals surface area contributed by atoms with Crippen molar-refractivity contribution in [2.75, 3.05) is 6.54 Å². The Morgan fingerprint density at radius 3 is 2.21 bits per heavy atom. The summed E-state index contributed by atoms with van der Waals surface area (Å²) in [6.07, 6.45) is 5.94. The molecule has 0 saturated carbocycles. The van der Waals surface area contributed by atoms with Gasteiger partial charge in [0.1, 0.15) is 0 Å². The summed E-state index contributed by atoms with van der Waals surface area (Å²) >= 11 is 4.06. The fourth-order valence-corrected chi connectivity index (χ4v) is 0.939. The number of nitrogens with one attached hydrogen (secondary N) is 1. The predicted molar refractivity (Wildman–Crippen MR) is 82.2 cm³/mol. The van der Waals surface area contributed by atoms with Gasteiger partial charge in [-0.05, 0) is 12.2 Å². The second-order valence-electron chi connectivity index (χ2n) is 3.02. The van der Waals surface area contributed by atoms with Gasteiger partial charge in [0.2, 0.25) is 0 Å². The molecule has 0 aromatic carbocycles. The minimum absolute atomic E-state index is 0.0816. The van der Waals surface area contributed by atoms with Crippen molar-refractivity contribution in [1.82, 2.24) is 5.32 Å². The highest BCUT2D eigenvalue weighted by molar-refractivity contribution is 7.84. The lowest BCUT2D eigenvalue weighted by atomic mass is 10.2. The molecule has 0 heterocycles. The number of allylic oxidation sites excluding steroid dienone is 3. The van der Waals surface area contributed by atoms with Crippen LogP contribution in [0.4, 0.5) is 0 Å². The van der Waals surface area contributed by atoms with Crippen molar-refractivity contribution < 1.29 is 14.7 Å². The van der Waals surface area contributed by atoms with Gasteiger partial charge in [0.25, 0.3) is 5.91 Å². The average Bonchev–Trinajstić information content (AvgIpc) is 2.40. The molecule has 4 nitrogen and oxygen atoms in total. The van der Waals surface area contributed by atoms with Crippen LogP contribution in [0.1, 0.15) is 20.3 Å². The molecule has 0 atom stereocenters. The molecule has 0 aromatic rings. The van der Waals surface area contributed by atoms with E-state index in [0.29, 0.717) is 10.5 Å². The Morgan fingerprint density at radius 2 is 1.79 bits per heavy atom. The molecule has 5 heteroatoms. The molecule has 0 unspecified atom stereocenters. The lowest BCUT2D eigenvalue weighted by molar-refractivity contribution is -0.136. The van der Waals surface area contributed by atoms with Gasteiger partial charge in [0.15, 0.2) is 0 Å². The topological polar surface area (TPSA) is 66.4 Å². The van der Waals surface area contributed by atoms with Crippen molar-refractivity contribution >= 4 is 24.5 Å². The molecule has 0 aromatic heterocycles. The normalized spacial score (nSPS) is 10.9. The van der Waals surface area contributed by atoms with Crippen LogP contribution in [0.5, 0.6) is 0 Å². The second-order valence-corrected chi connectivity index (χ2v) is 3.54. The lowest BCUT2D eigenvalue weighted by Gasteiger charge is -2.03. The Balaban J connectivity index is 0. The summed E-state index contributed by atoms with van der Waals surface area (Å²) in [6.45, 7) is 11.1. The van der Waals surface area contributed by atoms with Crippen LogP contribution in [0.3, 0.4) is 0 Å². The Morgan fingerprint density at radius 1 is 1.21 bits per heavy atom. The van der Waals surface area contributed by atoms with E-state index in [1.807, 2.05) is 13.8 Å². The molecule has 0 fully saturated rings. The fraction of sp³-hybridized carbons (Fsp3) is 0.286. The highest BCUT2D eigenvalue weighted by atomic mass is 32.1. The number of carbonyl (C=O) groups excluding carboxylic acids is 1. The quantitative estimate of drug-likeness (QED) is 0.382. The van der Waals surface area contributed by atoms with Crippen molar-refractivity contribution in [2.24, 2.45) is 0 Å². The van der Waals surface area contributed by atoms with E-state index < -0.39 is 5.97 Å². The van der Waals surface area contributed by atoms with Crippen molar-refractivity contribution in [2.45, 2.75) is 20.3 Å². The number of thiol groups is 1. The second kappa shape index (κ2) is 12.7. The minimum Gasteiger partial charge on any atom is -0.481 e. The van der Waals surface area contributed by atoms with Crippen LogP contribution in [0.2, 0.25) is 0 Å². The van der Waals surface area contributed by atoms with Gasteiger partial charge in [-0.25, -0.2) is 0 Å². The van der Waals surface area contributed by atoms with E-state index in [-0.39, 0.29) is 18.9 Å². The van der Waals surface area contributed by atoms with Gasteiger partial charge in [-0.15, -0.1) is 12.6 Å². The minimum atomic E-state index is -0.960. The maximum absolute atomic E-state index is 11.5. The summed E-state index contributed by atoms with van der Waals surface area (Å²) in [6, 6.07) is 0. The van der Waals surface area contributed by atoms with Crippen LogP contribution in [0.25, 0.3) is 0 Å². The summed E-state index contributed by atoms with van der Waals surface area (Å²) in [5.74, 6) is -1.33. The largest absolute Gasteiger partial charge is 0.481 e. The highest BCUT2D eigenvalue weighted by Gasteiger charge is 2.05. The third kappa shape index (κ3) is 11.1. The molecule has 0 aliphatic heterocycles. The van der Waals surface area contributed by atoms with Gasteiger partial charge < -0.3 is 10.4 Å². The van der Waals surface area contributed by atoms with E-state index in [9.17, 15) is 9.59 Å². The first-order valence-corrected chi connectivity index (χ1v) is 6.31. The smallest absolute Gasteiger partial charge is 0.305 e. The third-order valence-electron chi connectivity index (χ3n) is 1.75. The van der Waals surface area contributed by atoms with Gasteiger partial charge in [0.05, 0.1) is 6.42 Å². The number of carbonyl (C=O) groups is 2. The molecule has 1 amide bonds. The van der Waals surface area contributed by atoms with E-state index in [2.05, 4.69) is 31.1 Å². The van der Waals surface area contributed by atoms with Crippen molar-refractivity contribution in [3.63, 3.8) is 0 Å². The van der Waals surface area contributed by atoms with E-state index in [1.165, 1.54) is 18.2 Å². The molecule has 106 valence electrons. The third-order valence-corrected chi connectivity index (χ3v) is 2.08. The number of carboxylic acid groups (broad SMARTS) is 1. The lowest BCUT2D eigenvalue weighted by Crippen LogP contribution is -2.26. The summed E-state index contributed by atoms with van der Waals surface area (Å²) < 4.78 is 0. The number of amides is 1. The molecule has 0 radical (unpaired) electrons. The van der Waals surface area contributed by atoms with Crippen LogP contribution >= 0.6 is 12.6 Å². The molecular weight excluding hydrogens is 262 g/mol. The molecule has 0 bridgehead atoms. The first-order valence-electron chi connectivity index (χ1n) is 5.87. The van der Waals surface area contributed by atoms with Gasteiger partial charge in [0, 0.05) is 17.0 Å². The fourth-order valence-electron chi connectivity index (χ4n) is 0.865. The zero-order chi connectivity index (χ0) is 15.3. The summed E-state index contributed by atoms with van der Waals surface area (Å²) in [5, 5.41) is 10.9. The number of aliphatic carboxylic acids is 1. The maximum atomic E-state index is 11.5. The van der Waals surface area contributed by atoms with E-state index in [1.54, 1.807) is 6.08 Å². The Labute approximate surface area is 120 Å². The number of hydrogen-bond donors (Lipinski definition) is 3. The zero-order valence-electron chi connectivity index (χ0n) is 11.3. The maximum Gasteiger partial charge on any atom is 0.305 e. The Bertz CT molecular complexity index is 384. The van der Waals surface area contributed by atoms with Crippen LogP contribution in [-0.4, -0.2) is 23.5 Å². The Hall–Kier alpha value is -1.75. The number of carboxylic acids is 1. The van der Waals surface area contributed by atoms with Crippen LogP contribution in [-0.2, 0) is 9.59 Å². The molecule has 0 saturated heterocycles. The first-order chi connectivity index (χ1) is 9.01. The van der Waals surface area contributed by atoms with Crippen molar-refractivity contribution in [3.05, 3.63) is 47.9 Å². The summed E-state index contributed by atoms with van der Waals surface area (Å²) in [5.41, 5.74) is 0.337. The summed E-state index contributed by atoms with van der Waals surface area (Å²) in [4.78, 5) is 22.4. The summed E-state index contributed by atoms with van der Waals surface area (Å²) in [7, 11) is 0. The van der Waals surface area contributed by atoms with Crippen LogP contribution in [0, 0.1) is 0 Å². The van der Waals surface area contributed by atoms with Crippen molar-refractivity contribution in [3.8, 4) is 0 Å². The zero-order valence-corrected chi connectivity index (χ0v) is 12.2. The molecule has 0 spiro atoms. The Kier molecular flexibility index (Phi) is 13.1. The van der Waals surface area contributed by atoms with E-state index in [0.717, 1.165) is 0 Å². The average molecular weight is 283 g/mol. The molecular formula is C14H21NO3S. The monoisotopic (exact) mass is 283 g/mol. The number of rotatable bonds is 7. The molecule has 0 aliphatic rings. The predicted octanol–water partition coefficient (Wildman–Crippen LogP) is 2.72. The molecule has 0 aliphatic carbocycles. The van der Waals surface area contributed by atoms with Gasteiger partial charge in [-0.1, -0.05) is 39.2 Å². The van der Waals surface area contributed by atoms with Gasteiger partial charge in [-0.3, -0.25) is 9.59 Å². The number of hydrogen-bond acceptors (Lipinski definition) is 3. The van der Waals surface area contributed by atoms with Crippen LogP contribution < -0.4 is 5.32 Å². The molecule has 0 rings (SSSR count). The SMILES string of the molecule is C=C/C(S)=C\C=C(/C=C)C(=O)NCCC(=O)O.CC. The van der Waals surface area contributed by atoms with E-state index >= 15 is 0 Å². The van der Waals surface area contributed by atoms with Gasteiger partial charge in [-0.2, -0.15) is 0 Å².